The minimum absolute atomic E-state index is 0.145. The van der Waals surface area contributed by atoms with Gasteiger partial charge < -0.3 is 40.8 Å². The number of ether oxygens (including phenoxy) is 2. The number of likely N-dealkylation sites (tertiary alicyclic amines) is 1. The third kappa shape index (κ3) is 6.72. The molecule has 0 aliphatic carbocycles. The monoisotopic (exact) mass is 535 g/mol. The quantitative estimate of drug-likeness (QED) is 0.196. The Kier molecular flexibility index (Phi) is 9.13. The van der Waals surface area contributed by atoms with E-state index in [2.05, 4.69) is 25.8 Å². The number of anilines is 1. The molecule has 1 saturated heterocycles. The van der Waals surface area contributed by atoms with Crippen LogP contribution in [0.15, 0.2) is 54.5 Å². The number of carbonyl (C=O) groups excluding carboxylic acids is 2. The van der Waals surface area contributed by atoms with E-state index in [-0.39, 0.29) is 30.1 Å². The van der Waals surface area contributed by atoms with Gasteiger partial charge in [0.1, 0.15) is 11.6 Å². The molecule has 3 heterocycles. The van der Waals surface area contributed by atoms with Crippen LogP contribution in [0.2, 0.25) is 0 Å². The molecule has 1 aliphatic heterocycles. The number of β-amino-alcohol motifs (C(OH)–C–C–N with tert-alkyl or cyclic N) is 1. The molecule has 3 aromatic rings. The van der Waals surface area contributed by atoms with Gasteiger partial charge in [-0.25, -0.2) is 9.78 Å². The van der Waals surface area contributed by atoms with Gasteiger partial charge in [-0.3, -0.25) is 9.36 Å². The van der Waals surface area contributed by atoms with E-state index in [1.807, 2.05) is 0 Å². The van der Waals surface area contributed by atoms with E-state index in [1.165, 1.54) is 17.9 Å². The minimum Gasteiger partial charge on any atom is -0.493 e. The molecule has 0 spiro atoms. The smallest absolute Gasteiger partial charge is 0.325 e. The molecule has 39 heavy (non-hydrogen) atoms. The summed E-state index contributed by atoms with van der Waals surface area (Å²) in [5.41, 5.74) is 0.824. The number of aliphatic hydroxyl groups excluding tert-OH is 1. The van der Waals surface area contributed by atoms with Gasteiger partial charge >= 0.3 is 6.03 Å². The molecule has 0 bridgehead atoms. The van der Waals surface area contributed by atoms with E-state index < -0.39 is 5.91 Å². The Bertz CT molecular complexity index is 1360. The lowest BCUT2D eigenvalue weighted by Gasteiger charge is -2.31. The number of pyridine rings is 1. The largest absolute Gasteiger partial charge is 0.493 e. The van der Waals surface area contributed by atoms with Crippen LogP contribution in [0.5, 0.6) is 17.2 Å². The van der Waals surface area contributed by atoms with Gasteiger partial charge in [-0.05, 0) is 31.0 Å². The van der Waals surface area contributed by atoms with Crippen LogP contribution in [-0.2, 0) is 4.79 Å². The van der Waals surface area contributed by atoms with Crippen LogP contribution in [-0.4, -0.2) is 84.2 Å². The standard InChI is InChI=1S/C27H33N7O5/c1-29-27(37)34-10-4-18-13-24(23(38-2)15-22(18)34)39-21-3-7-30-25(14-21)32-26(36)19(16-28)17-31-20-5-8-33(9-6-20)11-12-35/h3-4,7,10,13-17,20,28,31,35H,5-6,8-9,11-12H2,1-2H3,(H,29,37)(H,30,32,36)/b19-17+,28-16?. The lowest BCUT2D eigenvalue weighted by Crippen LogP contribution is -2.42. The van der Waals surface area contributed by atoms with Crippen LogP contribution >= 0.6 is 0 Å². The molecule has 1 aliphatic rings. The molecule has 0 saturated carbocycles. The molecule has 12 nitrogen and oxygen atoms in total. The van der Waals surface area contributed by atoms with Gasteiger partial charge in [0.2, 0.25) is 0 Å². The number of nitrogens with one attached hydrogen (secondary N) is 4. The Balaban J connectivity index is 1.43. The zero-order chi connectivity index (χ0) is 27.8. The number of hydrogen-bond acceptors (Lipinski definition) is 9. The molecule has 0 atom stereocenters. The third-order valence-corrected chi connectivity index (χ3v) is 6.51. The average molecular weight is 536 g/mol. The van der Waals surface area contributed by atoms with Crippen molar-refractivity contribution in [3.8, 4) is 17.2 Å². The average Bonchev–Trinajstić information content (AvgIpc) is 3.36. The summed E-state index contributed by atoms with van der Waals surface area (Å²) in [6.45, 7) is 2.55. The van der Waals surface area contributed by atoms with Crippen molar-refractivity contribution in [2.24, 2.45) is 0 Å². The molecule has 1 aromatic carbocycles. The third-order valence-electron chi connectivity index (χ3n) is 6.51. The SMILES string of the molecule is CNC(=O)n1ccc2cc(Oc3ccnc(NC(=O)/C(C=N)=C/NC4CCN(CCO)CC4)c3)c(OC)cc21. The number of hydrogen-bond donors (Lipinski definition) is 5. The number of amides is 2. The highest BCUT2D eigenvalue weighted by Gasteiger charge is 2.19. The summed E-state index contributed by atoms with van der Waals surface area (Å²) in [4.78, 5) is 31.3. The predicted octanol–water partition coefficient (Wildman–Crippen LogP) is 2.54. The summed E-state index contributed by atoms with van der Waals surface area (Å²) < 4.78 is 13.0. The van der Waals surface area contributed by atoms with Crippen molar-refractivity contribution in [1.29, 1.82) is 5.41 Å². The Labute approximate surface area is 226 Å². The number of carbonyl (C=O) groups is 2. The first kappa shape index (κ1) is 27.6. The number of fused-ring (bicyclic) bond motifs is 1. The van der Waals surface area contributed by atoms with Crippen molar-refractivity contribution >= 4 is 34.9 Å². The molecule has 12 heteroatoms. The van der Waals surface area contributed by atoms with Gasteiger partial charge in [0.15, 0.2) is 11.5 Å². The second-order valence-corrected chi connectivity index (χ2v) is 8.99. The first-order valence-corrected chi connectivity index (χ1v) is 12.6. The number of aliphatic hydroxyl groups is 1. The highest BCUT2D eigenvalue weighted by Crippen LogP contribution is 2.36. The Hall–Kier alpha value is -4.42. The first-order valence-electron chi connectivity index (χ1n) is 12.6. The predicted molar refractivity (Wildman–Crippen MR) is 148 cm³/mol. The fourth-order valence-corrected chi connectivity index (χ4v) is 4.38. The van der Waals surface area contributed by atoms with E-state index in [4.69, 9.17) is 20.0 Å². The highest BCUT2D eigenvalue weighted by atomic mass is 16.5. The van der Waals surface area contributed by atoms with Gasteiger partial charge in [0.25, 0.3) is 5.91 Å². The van der Waals surface area contributed by atoms with Crippen LogP contribution in [0, 0.1) is 5.41 Å². The Morgan fingerprint density at radius 2 is 2.00 bits per heavy atom. The van der Waals surface area contributed by atoms with Gasteiger partial charge in [0, 0.05) is 75.1 Å². The van der Waals surface area contributed by atoms with Crippen LogP contribution in [0.4, 0.5) is 10.6 Å². The fourth-order valence-electron chi connectivity index (χ4n) is 4.38. The molecular formula is C27H33N7O5. The van der Waals surface area contributed by atoms with Crippen LogP contribution < -0.4 is 25.4 Å². The van der Waals surface area contributed by atoms with E-state index >= 15 is 0 Å². The maximum absolute atomic E-state index is 12.8. The molecule has 0 radical (unpaired) electrons. The zero-order valence-electron chi connectivity index (χ0n) is 21.9. The van der Waals surface area contributed by atoms with Crippen molar-refractivity contribution < 1.29 is 24.2 Å². The molecular weight excluding hydrogens is 502 g/mol. The van der Waals surface area contributed by atoms with Gasteiger partial charge in [-0.15, -0.1) is 0 Å². The minimum atomic E-state index is -0.477. The lowest BCUT2D eigenvalue weighted by atomic mass is 10.1. The zero-order valence-corrected chi connectivity index (χ0v) is 21.9. The Morgan fingerprint density at radius 3 is 2.69 bits per heavy atom. The van der Waals surface area contributed by atoms with E-state index in [0.29, 0.717) is 29.3 Å². The highest BCUT2D eigenvalue weighted by molar-refractivity contribution is 6.16. The molecule has 1 fully saturated rings. The summed E-state index contributed by atoms with van der Waals surface area (Å²) in [6, 6.07) is 8.42. The van der Waals surface area contributed by atoms with Crippen molar-refractivity contribution in [3.05, 3.63) is 54.5 Å². The van der Waals surface area contributed by atoms with E-state index in [9.17, 15) is 9.59 Å². The summed E-state index contributed by atoms with van der Waals surface area (Å²) >= 11 is 0. The van der Waals surface area contributed by atoms with Crippen molar-refractivity contribution in [1.82, 2.24) is 25.1 Å². The maximum Gasteiger partial charge on any atom is 0.325 e. The summed E-state index contributed by atoms with van der Waals surface area (Å²) in [5, 5.41) is 26.1. The number of benzene rings is 1. The topological polar surface area (TPSA) is 154 Å². The van der Waals surface area contributed by atoms with Crippen molar-refractivity contribution in [2.75, 3.05) is 45.7 Å². The van der Waals surface area contributed by atoms with Crippen LogP contribution in [0.3, 0.4) is 0 Å². The summed E-state index contributed by atoms with van der Waals surface area (Å²) in [7, 11) is 3.07. The second kappa shape index (κ2) is 12.9. The number of piperidine rings is 1. The molecule has 2 amide bonds. The molecule has 5 N–H and O–H groups in total. The molecule has 0 unspecified atom stereocenters. The maximum atomic E-state index is 12.8. The van der Waals surface area contributed by atoms with Gasteiger partial charge in [-0.2, -0.15) is 0 Å². The molecule has 4 rings (SSSR count). The van der Waals surface area contributed by atoms with E-state index in [1.54, 1.807) is 49.8 Å². The number of nitrogens with zero attached hydrogens (tertiary/aromatic N) is 3. The van der Waals surface area contributed by atoms with E-state index in [0.717, 1.165) is 37.5 Å². The number of methoxy groups -OCH3 is 1. The first-order chi connectivity index (χ1) is 18.9. The second-order valence-electron chi connectivity index (χ2n) is 8.99. The van der Waals surface area contributed by atoms with Gasteiger partial charge in [-0.1, -0.05) is 0 Å². The Morgan fingerprint density at radius 1 is 1.21 bits per heavy atom. The lowest BCUT2D eigenvalue weighted by molar-refractivity contribution is -0.112. The van der Waals surface area contributed by atoms with Crippen molar-refractivity contribution in [2.45, 2.75) is 18.9 Å². The number of rotatable bonds is 10. The van der Waals surface area contributed by atoms with Crippen molar-refractivity contribution in [3.63, 3.8) is 0 Å². The van der Waals surface area contributed by atoms with Crippen LogP contribution in [0.1, 0.15) is 12.8 Å². The van der Waals surface area contributed by atoms with Crippen LogP contribution in [0.25, 0.3) is 10.9 Å². The normalized spacial score (nSPS) is 14.6. The fraction of sp³-hybridized carbons (Fsp3) is 0.333. The summed E-state index contributed by atoms with van der Waals surface area (Å²) in [5.74, 6) is 1.05. The molecule has 2 aromatic heterocycles. The summed E-state index contributed by atoms with van der Waals surface area (Å²) in [6.07, 6.45) is 7.49. The number of aromatic nitrogens is 2. The van der Waals surface area contributed by atoms with Gasteiger partial charge in [0.05, 0.1) is 24.8 Å². The molecule has 206 valence electrons.